The van der Waals surface area contributed by atoms with Gasteiger partial charge in [0.1, 0.15) is 6.33 Å². The molecule has 0 aliphatic carbocycles. The summed E-state index contributed by atoms with van der Waals surface area (Å²) in [7, 11) is 1.49. The molecule has 20 heavy (non-hydrogen) atoms. The lowest BCUT2D eigenvalue weighted by atomic mass is 10.3. The largest absolute Gasteiger partial charge is 0.358 e. The lowest BCUT2D eigenvalue weighted by Gasteiger charge is -2.22. The number of hydrazine groups is 1. The number of nitrogens with one attached hydrogen (secondary N) is 2. The fourth-order valence-electron chi connectivity index (χ4n) is 1.66. The van der Waals surface area contributed by atoms with E-state index >= 15 is 0 Å². The monoisotopic (exact) mass is 283 g/mol. The minimum Gasteiger partial charge on any atom is -0.358 e. The third-order valence-electron chi connectivity index (χ3n) is 2.53. The Morgan fingerprint density at radius 2 is 2.25 bits per heavy atom. The van der Waals surface area contributed by atoms with Gasteiger partial charge in [0, 0.05) is 13.6 Å². The fraction of sp³-hybridized carbons (Fsp3) is 0.500. The average Bonchev–Trinajstić information content (AvgIpc) is 2.45. The lowest BCUT2D eigenvalue weighted by Crippen LogP contribution is -2.37. The highest BCUT2D eigenvalue weighted by atomic mass is 16.6. The second kappa shape index (κ2) is 7.19. The van der Waals surface area contributed by atoms with Gasteiger partial charge in [0.2, 0.25) is 17.5 Å². The molecule has 4 N–H and O–H groups in total. The summed E-state index contributed by atoms with van der Waals surface area (Å²) in [6, 6.07) is 0. The van der Waals surface area contributed by atoms with Gasteiger partial charge in [-0.15, -0.1) is 0 Å². The van der Waals surface area contributed by atoms with Crippen molar-refractivity contribution < 1.29 is 9.72 Å². The van der Waals surface area contributed by atoms with Crippen LogP contribution < -0.4 is 21.5 Å². The first-order valence-electron chi connectivity index (χ1n) is 5.96. The van der Waals surface area contributed by atoms with Crippen LogP contribution in [0.5, 0.6) is 0 Å². The zero-order valence-corrected chi connectivity index (χ0v) is 11.3. The number of anilines is 2. The predicted molar refractivity (Wildman–Crippen MR) is 73.1 cm³/mol. The van der Waals surface area contributed by atoms with E-state index in [4.69, 9.17) is 5.84 Å². The molecule has 0 saturated heterocycles. The van der Waals surface area contributed by atoms with Crippen LogP contribution in [0.1, 0.15) is 13.3 Å². The number of carbonyl (C=O) groups excluding carboxylic acids is 1. The molecule has 0 spiro atoms. The Hall–Kier alpha value is -2.49. The zero-order valence-electron chi connectivity index (χ0n) is 11.3. The average molecular weight is 283 g/mol. The van der Waals surface area contributed by atoms with Gasteiger partial charge in [-0.05, 0) is 6.42 Å². The predicted octanol–water partition coefficient (Wildman–Crippen LogP) is -0.367. The number of nitro groups is 1. The third kappa shape index (κ3) is 3.51. The standard InChI is InChI=1S/C10H17N7O3/c1-3-4-16(5-7(18)12-2)10-8(17(19)20)9(15-11)13-6-14-10/h6H,3-5,11H2,1-2H3,(H,12,18)(H,13,14,15). The zero-order chi connectivity index (χ0) is 15.1. The molecule has 0 aliphatic rings. The van der Waals surface area contributed by atoms with Gasteiger partial charge in [-0.1, -0.05) is 6.92 Å². The Kier molecular flexibility index (Phi) is 5.59. The molecule has 0 aliphatic heterocycles. The van der Waals surface area contributed by atoms with Gasteiger partial charge >= 0.3 is 5.69 Å². The van der Waals surface area contributed by atoms with Crippen LogP contribution in [0.25, 0.3) is 0 Å². The molecule has 0 aromatic carbocycles. The number of hydrogen-bond donors (Lipinski definition) is 3. The maximum Gasteiger partial charge on any atom is 0.354 e. The van der Waals surface area contributed by atoms with Gasteiger partial charge < -0.3 is 15.6 Å². The van der Waals surface area contributed by atoms with Crippen LogP contribution >= 0.6 is 0 Å². The highest BCUT2D eigenvalue weighted by molar-refractivity contribution is 5.82. The second-order valence-corrected chi connectivity index (χ2v) is 3.89. The van der Waals surface area contributed by atoms with Crippen molar-refractivity contribution in [2.45, 2.75) is 13.3 Å². The van der Waals surface area contributed by atoms with Crippen molar-refractivity contribution in [2.24, 2.45) is 5.84 Å². The van der Waals surface area contributed by atoms with E-state index in [1.165, 1.54) is 11.9 Å². The van der Waals surface area contributed by atoms with E-state index in [-0.39, 0.29) is 29.8 Å². The smallest absolute Gasteiger partial charge is 0.354 e. The molecule has 1 aromatic heterocycles. The summed E-state index contributed by atoms with van der Waals surface area (Å²) in [5.74, 6) is 4.91. The number of hydrogen-bond acceptors (Lipinski definition) is 8. The van der Waals surface area contributed by atoms with Crippen molar-refractivity contribution >= 4 is 23.2 Å². The van der Waals surface area contributed by atoms with Crippen molar-refractivity contribution in [2.75, 3.05) is 30.5 Å². The Bertz CT molecular complexity index is 494. The molecule has 1 aromatic rings. The Morgan fingerprint density at radius 3 is 2.75 bits per heavy atom. The number of rotatable bonds is 7. The van der Waals surface area contributed by atoms with Crippen LogP contribution in [0.4, 0.5) is 17.3 Å². The highest BCUT2D eigenvalue weighted by Crippen LogP contribution is 2.31. The summed E-state index contributed by atoms with van der Waals surface area (Å²) < 4.78 is 0. The molecule has 110 valence electrons. The Morgan fingerprint density at radius 1 is 1.55 bits per heavy atom. The first-order chi connectivity index (χ1) is 9.54. The third-order valence-corrected chi connectivity index (χ3v) is 2.53. The minimum absolute atomic E-state index is 0.0355. The van der Waals surface area contributed by atoms with Crippen molar-refractivity contribution in [3.05, 3.63) is 16.4 Å². The molecule has 1 rings (SSSR count). The van der Waals surface area contributed by atoms with E-state index in [1.807, 2.05) is 6.92 Å². The molecule has 0 bridgehead atoms. The number of carbonyl (C=O) groups is 1. The Labute approximate surface area is 115 Å². The highest BCUT2D eigenvalue weighted by Gasteiger charge is 2.27. The van der Waals surface area contributed by atoms with Gasteiger partial charge in [-0.3, -0.25) is 14.9 Å². The molecule has 10 nitrogen and oxygen atoms in total. The summed E-state index contributed by atoms with van der Waals surface area (Å²) >= 11 is 0. The van der Waals surface area contributed by atoms with Crippen LogP contribution in [0, 0.1) is 10.1 Å². The summed E-state index contributed by atoms with van der Waals surface area (Å²) in [4.78, 5) is 31.2. The summed E-state index contributed by atoms with van der Waals surface area (Å²) in [6.45, 7) is 2.30. The van der Waals surface area contributed by atoms with Crippen LogP contribution in [0.2, 0.25) is 0 Å². The van der Waals surface area contributed by atoms with E-state index in [9.17, 15) is 14.9 Å². The first-order valence-corrected chi connectivity index (χ1v) is 5.96. The number of likely N-dealkylation sites (N-methyl/N-ethyl adjacent to an activating group) is 1. The van der Waals surface area contributed by atoms with Crippen LogP contribution in [-0.2, 0) is 4.79 Å². The van der Waals surface area contributed by atoms with Gasteiger partial charge in [0.25, 0.3) is 0 Å². The van der Waals surface area contributed by atoms with Crippen molar-refractivity contribution in [3.8, 4) is 0 Å². The van der Waals surface area contributed by atoms with Crippen LogP contribution in [0.15, 0.2) is 6.33 Å². The molecule has 10 heteroatoms. The number of amides is 1. The SMILES string of the molecule is CCCN(CC(=O)NC)c1ncnc(NN)c1[N+](=O)[O-]. The van der Waals surface area contributed by atoms with Crippen molar-refractivity contribution in [1.29, 1.82) is 0 Å². The number of nitrogen functional groups attached to an aromatic ring is 1. The molecule has 0 unspecified atom stereocenters. The van der Waals surface area contributed by atoms with Gasteiger partial charge in [-0.25, -0.2) is 15.8 Å². The molecule has 0 fully saturated rings. The first kappa shape index (κ1) is 15.6. The van der Waals surface area contributed by atoms with Crippen LogP contribution in [0.3, 0.4) is 0 Å². The minimum atomic E-state index is -0.628. The van der Waals surface area contributed by atoms with Crippen molar-refractivity contribution in [3.63, 3.8) is 0 Å². The number of nitrogens with two attached hydrogens (primary N) is 1. The molecule has 0 saturated carbocycles. The Balaban J connectivity index is 3.24. The second-order valence-electron chi connectivity index (χ2n) is 3.89. The molecular formula is C10H17N7O3. The van der Waals surface area contributed by atoms with E-state index in [0.717, 1.165) is 6.33 Å². The van der Waals surface area contributed by atoms with E-state index in [2.05, 4.69) is 20.7 Å². The summed E-state index contributed by atoms with van der Waals surface area (Å²) in [5, 5.41) is 13.6. The molecule has 1 heterocycles. The molecule has 1 amide bonds. The van der Waals surface area contributed by atoms with E-state index in [0.29, 0.717) is 13.0 Å². The maximum absolute atomic E-state index is 11.5. The van der Waals surface area contributed by atoms with E-state index in [1.54, 1.807) is 0 Å². The maximum atomic E-state index is 11.5. The summed E-state index contributed by atoms with van der Waals surface area (Å²) in [6.07, 6.45) is 1.85. The molecule has 0 radical (unpaired) electrons. The van der Waals surface area contributed by atoms with Gasteiger partial charge in [0.15, 0.2) is 0 Å². The fourth-order valence-corrected chi connectivity index (χ4v) is 1.66. The summed E-state index contributed by atoms with van der Waals surface area (Å²) in [5.41, 5.74) is 1.81. The lowest BCUT2D eigenvalue weighted by molar-refractivity contribution is -0.383. The van der Waals surface area contributed by atoms with Crippen molar-refractivity contribution in [1.82, 2.24) is 15.3 Å². The van der Waals surface area contributed by atoms with Gasteiger partial charge in [-0.2, -0.15) is 0 Å². The van der Waals surface area contributed by atoms with Crippen LogP contribution in [-0.4, -0.2) is 40.9 Å². The topological polar surface area (TPSA) is 139 Å². The quantitative estimate of drug-likeness (QED) is 0.350. The number of aromatic nitrogens is 2. The normalized spacial score (nSPS) is 9.95. The van der Waals surface area contributed by atoms with E-state index < -0.39 is 4.92 Å². The van der Waals surface area contributed by atoms with Gasteiger partial charge in [0.05, 0.1) is 11.5 Å². The molecule has 0 atom stereocenters. The number of nitrogens with zero attached hydrogens (tertiary/aromatic N) is 4. The molecular weight excluding hydrogens is 266 g/mol.